The van der Waals surface area contributed by atoms with Crippen molar-refractivity contribution in [2.75, 3.05) is 5.32 Å². The Kier molecular flexibility index (Phi) is 5.48. The Morgan fingerprint density at radius 1 is 1.07 bits per heavy atom. The van der Waals surface area contributed by atoms with E-state index in [1.165, 1.54) is 11.3 Å². The van der Waals surface area contributed by atoms with Gasteiger partial charge in [0.1, 0.15) is 10.8 Å². The number of thiazole rings is 1. The molecule has 1 amide bonds. The molecule has 4 aromatic rings. The molecule has 7 heteroatoms. The molecule has 1 heterocycles. The summed E-state index contributed by atoms with van der Waals surface area (Å²) < 4.78 is 1.04. The van der Waals surface area contributed by atoms with Crippen molar-refractivity contribution in [1.82, 2.24) is 10.3 Å². The van der Waals surface area contributed by atoms with Crippen LogP contribution in [0.5, 0.6) is 5.75 Å². The summed E-state index contributed by atoms with van der Waals surface area (Å²) in [6.45, 7) is 3.87. The number of para-hydroxylation sites is 1. The Hall–Kier alpha value is -3.29. The average Bonchev–Trinajstić information content (AvgIpc) is 3.13. The number of nitrogens with one attached hydrogen (secondary N) is 2. The SMILES string of the molecule is Cc1ccc(C(=O)NC(=S)Nc2ccc(O)c(-c3nc4ccccc4s3)c2)c(C)c1. The fourth-order valence-electron chi connectivity index (χ4n) is 3.17. The molecule has 0 saturated heterocycles. The molecular weight excluding hydrogens is 414 g/mol. The molecule has 0 aliphatic carbocycles. The van der Waals surface area contributed by atoms with Crippen LogP contribution in [0.2, 0.25) is 0 Å². The molecule has 5 nitrogen and oxygen atoms in total. The highest BCUT2D eigenvalue weighted by Gasteiger charge is 2.14. The van der Waals surface area contributed by atoms with Gasteiger partial charge in [-0.2, -0.15) is 0 Å². The minimum atomic E-state index is -0.268. The molecule has 3 N–H and O–H groups in total. The highest BCUT2D eigenvalue weighted by atomic mass is 32.1. The number of aromatic hydroxyl groups is 1. The van der Waals surface area contributed by atoms with Crippen LogP contribution in [0.15, 0.2) is 60.7 Å². The summed E-state index contributed by atoms with van der Waals surface area (Å²) in [7, 11) is 0. The fourth-order valence-corrected chi connectivity index (χ4v) is 4.37. The van der Waals surface area contributed by atoms with Crippen molar-refractivity contribution < 1.29 is 9.90 Å². The number of phenols is 1. The topological polar surface area (TPSA) is 74.2 Å². The number of hydrogen-bond donors (Lipinski definition) is 3. The van der Waals surface area contributed by atoms with Crippen molar-refractivity contribution in [3.8, 4) is 16.3 Å². The Labute approximate surface area is 183 Å². The van der Waals surface area contributed by atoms with E-state index >= 15 is 0 Å². The van der Waals surface area contributed by atoms with Crippen LogP contribution >= 0.6 is 23.6 Å². The second kappa shape index (κ2) is 8.22. The zero-order valence-electron chi connectivity index (χ0n) is 16.4. The van der Waals surface area contributed by atoms with Crippen LogP contribution in [-0.4, -0.2) is 21.1 Å². The number of benzene rings is 3. The highest BCUT2D eigenvalue weighted by molar-refractivity contribution is 7.80. The lowest BCUT2D eigenvalue weighted by atomic mass is 10.1. The molecule has 150 valence electrons. The number of nitrogens with zero attached hydrogens (tertiary/aromatic N) is 1. The summed E-state index contributed by atoms with van der Waals surface area (Å²) in [6, 6.07) is 18.5. The van der Waals surface area contributed by atoms with Crippen LogP contribution in [0.1, 0.15) is 21.5 Å². The lowest BCUT2D eigenvalue weighted by Crippen LogP contribution is -2.34. The van der Waals surface area contributed by atoms with Crippen LogP contribution in [0.25, 0.3) is 20.8 Å². The number of anilines is 1. The first-order valence-electron chi connectivity index (χ1n) is 9.29. The van der Waals surface area contributed by atoms with Crippen molar-refractivity contribution >= 4 is 50.5 Å². The van der Waals surface area contributed by atoms with Crippen molar-refractivity contribution in [3.63, 3.8) is 0 Å². The first kappa shape index (κ1) is 20.0. The van der Waals surface area contributed by atoms with E-state index in [-0.39, 0.29) is 16.8 Å². The van der Waals surface area contributed by atoms with Crippen LogP contribution in [0.3, 0.4) is 0 Å². The Morgan fingerprint density at radius 3 is 2.63 bits per heavy atom. The third-order valence-corrected chi connectivity index (χ3v) is 5.91. The van der Waals surface area contributed by atoms with Gasteiger partial charge in [-0.15, -0.1) is 11.3 Å². The van der Waals surface area contributed by atoms with Gasteiger partial charge in [-0.05, 0) is 68.0 Å². The van der Waals surface area contributed by atoms with Crippen molar-refractivity contribution in [3.05, 3.63) is 77.4 Å². The first-order valence-corrected chi connectivity index (χ1v) is 10.5. The smallest absolute Gasteiger partial charge is 0.257 e. The van der Waals surface area contributed by atoms with E-state index in [2.05, 4.69) is 15.6 Å². The van der Waals surface area contributed by atoms with Gasteiger partial charge in [0.25, 0.3) is 5.91 Å². The van der Waals surface area contributed by atoms with E-state index in [4.69, 9.17) is 12.2 Å². The van der Waals surface area contributed by atoms with Crippen molar-refractivity contribution in [1.29, 1.82) is 0 Å². The molecule has 0 fully saturated rings. The number of thiocarbonyl (C=S) groups is 1. The molecule has 4 rings (SSSR count). The predicted molar refractivity (Wildman–Crippen MR) is 126 cm³/mol. The largest absolute Gasteiger partial charge is 0.507 e. The molecule has 0 spiro atoms. The quantitative estimate of drug-likeness (QED) is 0.297. The number of aromatic nitrogens is 1. The first-order chi connectivity index (χ1) is 14.4. The van der Waals surface area contributed by atoms with Gasteiger partial charge in [0.15, 0.2) is 5.11 Å². The Balaban J connectivity index is 1.52. The molecule has 1 aromatic heterocycles. The number of phenolic OH excluding ortho intramolecular Hbond substituents is 1. The van der Waals surface area contributed by atoms with Crippen molar-refractivity contribution in [2.45, 2.75) is 13.8 Å². The molecule has 0 radical (unpaired) electrons. The van der Waals surface area contributed by atoms with Gasteiger partial charge in [0.05, 0.1) is 15.8 Å². The average molecular weight is 434 g/mol. The van der Waals surface area contributed by atoms with Gasteiger partial charge in [0.2, 0.25) is 0 Å². The lowest BCUT2D eigenvalue weighted by Gasteiger charge is -2.12. The third-order valence-electron chi connectivity index (χ3n) is 4.63. The molecule has 0 aliphatic heterocycles. The summed E-state index contributed by atoms with van der Waals surface area (Å²) in [4.78, 5) is 17.1. The summed E-state index contributed by atoms with van der Waals surface area (Å²) in [5, 5.41) is 16.9. The van der Waals surface area contributed by atoms with Crippen LogP contribution in [-0.2, 0) is 0 Å². The summed E-state index contributed by atoms with van der Waals surface area (Å²) >= 11 is 6.81. The maximum absolute atomic E-state index is 12.5. The van der Waals surface area contributed by atoms with E-state index in [1.54, 1.807) is 24.3 Å². The number of carbonyl (C=O) groups excluding carboxylic acids is 1. The van der Waals surface area contributed by atoms with Gasteiger partial charge in [-0.3, -0.25) is 10.1 Å². The maximum atomic E-state index is 12.5. The minimum absolute atomic E-state index is 0.129. The van der Waals surface area contributed by atoms with E-state index in [9.17, 15) is 9.90 Å². The van der Waals surface area contributed by atoms with Gasteiger partial charge >= 0.3 is 0 Å². The maximum Gasteiger partial charge on any atom is 0.257 e. The van der Waals surface area contributed by atoms with Crippen LogP contribution < -0.4 is 10.6 Å². The summed E-state index contributed by atoms with van der Waals surface area (Å²) in [5.41, 5.74) is 4.68. The van der Waals surface area contributed by atoms with Gasteiger partial charge in [-0.1, -0.05) is 29.8 Å². The summed E-state index contributed by atoms with van der Waals surface area (Å²) in [5.74, 6) is -0.139. The number of hydrogen-bond acceptors (Lipinski definition) is 5. The normalized spacial score (nSPS) is 10.7. The van der Waals surface area contributed by atoms with E-state index < -0.39 is 0 Å². The monoisotopic (exact) mass is 433 g/mol. The molecule has 0 atom stereocenters. The number of amides is 1. The zero-order chi connectivity index (χ0) is 21.3. The zero-order valence-corrected chi connectivity index (χ0v) is 18.0. The second-order valence-electron chi connectivity index (χ2n) is 6.95. The van der Waals surface area contributed by atoms with Gasteiger partial charge < -0.3 is 10.4 Å². The van der Waals surface area contributed by atoms with E-state index in [1.807, 2.05) is 50.2 Å². The van der Waals surface area contributed by atoms with Gasteiger partial charge in [0, 0.05) is 11.3 Å². The number of fused-ring (bicyclic) bond motifs is 1. The number of carbonyl (C=O) groups is 1. The molecule has 0 unspecified atom stereocenters. The predicted octanol–water partition coefficient (Wildman–Crippen LogP) is 5.41. The minimum Gasteiger partial charge on any atom is -0.507 e. The highest BCUT2D eigenvalue weighted by Crippen LogP contribution is 2.36. The molecule has 30 heavy (non-hydrogen) atoms. The van der Waals surface area contributed by atoms with Crippen LogP contribution in [0, 0.1) is 13.8 Å². The molecule has 0 bridgehead atoms. The van der Waals surface area contributed by atoms with Crippen LogP contribution in [0.4, 0.5) is 5.69 Å². The third kappa shape index (κ3) is 4.17. The number of aryl methyl sites for hydroxylation is 2. The fraction of sp³-hybridized carbons (Fsp3) is 0.0870. The standard InChI is InChI=1S/C23H19N3O2S2/c1-13-7-9-16(14(2)11-13)21(28)26-23(29)24-15-8-10-19(27)17(12-15)22-25-18-5-3-4-6-20(18)30-22/h3-12,27H,1-2H3,(H2,24,26,28,29). The summed E-state index contributed by atoms with van der Waals surface area (Å²) in [6.07, 6.45) is 0. The Morgan fingerprint density at radius 2 is 1.87 bits per heavy atom. The molecular formula is C23H19N3O2S2. The number of rotatable bonds is 3. The van der Waals surface area contributed by atoms with E-state index in [0.29, 0.717) is 21.8 Å². The van der Waals surface area contributed by atoms with Crippen molar-refractivity contribution in [2.24, 2.45) is 0 Å². The Bertz CT molecular complexity index is 1250. The molecule has 3 aromatic carbocycles. The van der Waals surface area contributed by atoms with Gasteiger partial charge in [-0.25, -0.2) is 4.98 Å². The lowest BCUT2D eigenvalue weighted by molar-refractivity contribution is 0.0977. The molecule has 0 saturated carbocycles. The second-order valence-corrected chi connectivity index (χ2v) is 8.38. The molecule has 0 aliphatic rings. The van der Waals surface area contributed by atoms with E-state index in [0.717, 1.165) is 21.3 Å².